The lowest BCUT2D eigenvalue weighted by Crippen LogP contribution is -2.41. The zero-order valence-corrected chi connectivity index (χ0v) is 18.3. The van der Waals surface area contributed by atoms with Crippen molar-refractivity contribution in [3.05, 3.63) is 53.3 Å². The first-order valence-corrected chi connectivity index (χ1v) is 10.5. The number of piperidine rings is 1. The van der Waals surface area contributed by atoms with Gasteiger partial charge in [-0.2, -0.15) is 5.26 Å². The number of aromatic nitrogens is 1. The number of pyridine rings is 1. The minimum atomic E-state index is -1.05. The Balaban J connectivity index is 1.49. The minimum Gasteiger partial charge on any atom is -0.444 e. The summed E-state index contributed by atoms with van der Waals surface area (Å²) < 4.78 is 18.0. The molecular weight excluding hydrogens is 394 g/mol. The van der Waals surface area contributed by atoms with Crippen LogP contribution in [0.2, 0.25) is 0 Å². The highest BCUT2D eigenvalue weighted by Crippen LogP contribution is 2.49. The van der Waals surface area contributed by atoms with Gasteiger partial charge in [-0.15, -0.1) is 0 Å². The number of hydrogen-bond acceptors (Lipinski definition) is 6. The predicted octanol–water partition coefficient (Wildman–Crippen LogP) is 4.71. The Labute approximate surface area is 182 Å². The molecule has 1 aromatic heterocycles. The molecule has 0 N–H and O–H groups in total. The van der Waals surface area contributed by atoms with Crippen LogP contribution in [0.1, 0.15) is 63.3 Å². The number of ether oxygens (including phenoxy) is 3. The minimum absolute atomic E-state index is 0.258. The number of benzene rings is 1. The summed E-state index contributed by atoms with van der Waals surface area (Å²) >= 11 is 0. The average Bonchev–Trinajstić information content (AvgIpc) is 3.10. The van der Waals surface area contributed by atoms with Crippen LogP contribution in [0.4, 0.5) is 4.79 Å². The zero-order valence-electron chi connectivity index (χ0n) is 18.3. The molecule has 0 radical (unpaired) electrons. The number of amides is 1. The third-order valence-electron chi connectivity index (χ3n) is 5.56. The molecule has 31 heavy (non-hydrogen) atoms. The third-order valence-corrected chi connectivity index (χ3v) is 5.56. The van der Waals surface area contributed by atoms with Crippen LogP contribution < -0.4 is 9.47 Å². The van der Waals surface area contributed by atoms with Crippen LogP contribution in [-0.2, 0) is 10.5 Å². The van der Waals surface area contributed by atoms with Crippen molar-refractivity contribution in [3.63, 3.8) is 0 Å². The number of rotatable bonds is 2. The second kappa shape index (κ2) is 7.77. The summed E-state index contributed by atoms with van der Waals surface area (Å²) in [5.41, 5.74) is 1.68. The molecule has 4 rings (SSSR count). The molecule has 0 aliphatic carbocycles. The molecule has 1 saturated heterocycles. The van der Waals surface area contributed by atoms with Crippen LogP contribution in [0.5, 0.6) is 11.5 Å². The van der Waals surface area contributed by atoms with Crippen molar-refractivity contribution in [1.82, 2.24) is 9.88 Å². The summed E-state index contributed by atoms with van der Waals surface area (Å²) in [7, 11) is 0. The molecule has 7 heteroatoms. The van der Waals surface area contributed by atoms with E-state index >= 15 is 0 Å². The van der Waals surface area contributed by atoms with Gasteiger partial charge in [-0.1, -0.05) is 12.1 Å². The molecule has 1 fully saturated rings. The summed E-state index contributed by atoms with van der Waals surface area (Å²) in [6.07, 6.45) is 2.91. The van der Waals surface area contributed by atoms with Crippen LogP contribution >= 0.6 is 0 Å². The van der Waals surface area contributed by atoms with Gasteiger partial charge in [0.05, 0.1) is 5.56 Å². The first-order valence-electron chi connectivity index (χ1n) is 10.5. The van der Waals surface area contributed by atoms with Gasteiger partial charge >= 0.3 is 6.09 Å². The fraction of sp³-hybridized carbons (Fsp3) is 0.458. The standard InChI is InChI=1S/C24H27N3O4/c1-23(2,3)31-22(28)27-12-10-17(11-13-27)18-6-5-7-19-21(18)30-24(4,29-19)20-9-8-16(14-25)15-26-20/h5-9,15,17H,10-13H2,1-4H3/t24-/m0/s1. The summed E-state index contributed by atoms with van der Waals surface area (Å²) in [5.74, 6) is 0.616. The van der Waals surface area contributed by atoms with Crippen LogP contribution in [0, 0.1) is 11.3 Å². The van der Waals surface area contributed by atoms with E-state index in [4.69, 9.17) is 19.5 Å². The van der Waals surface area contributed by atoms with Gasteiger partial charge in [-0.05, 0) is 57.7 Å². The van der Waals surface area contributed by atoms with E-state index in [1.165, 1.54) is 6.20 Å². The second-order valence-electron chi connectivity index (χ2n) is 9.11. The maximum atomic E-state index is 12.4. The quantitative estimate of drug-likeness (QED) is 0.698. The van der Waals surface area contributed by atoms with E-state index in [1.807, 2.05) is 39.8 Å². The van der Waals surface area contributed by atoms with Gasteiger partial charge in [0, 0.05) is 31.8 Å². The van der Waals surface area contributed by atoms with E-state index in [-0.39, 0.29) is 12.0 Å². The molecule has 7 nitrogen and oxygen atoms in total. The summed E-state index contributed by atoms with van der Waals surface area (Å²) in [5, 5.41) is 9.00. The molecule has 1 amide bonds. The van der Waals surface area contributed by atoms with Gasteiger partial charge in [0.2, 0.25) is 0 Å². The van der Waals surface area contributed by atoms with E-state index in [2.05, 4.69) is 17.1 Å². The highest BCUT2D eigenvalue weighted by molar-refractivity contribution is 5.68. The monoisotopic (exact) mass is 421 g/mol. The molecule has 1 aromatic carbocycles. The van der Waals surface area contributed by atoms with E-state index in [1.54, 1.807) is 17.0 Å². The number of nitriles is 1. The van der Waals surface area contributed by atoms with Crippen molar-refractivity contribution in [2.24, 2.45) is 0 Å². The second-order valence-corrected chi connectivity index (χ2v) is 9.11. The lowest BCUT2D eigenvalue weighted by Gasteiger charge is -2.34. The summed E-state index contributed by atoms with van der Waals surface area (Å²) in [6.45, 7) is 8.74. The lowest BCUT2D eigenvalue weighted by molar-refractivity contribution is -0.0722. The molecule has 1 atom stereocenters. The Morgan fingerprint density at radius 1 is 1.23 bits per heavy atom. The van der Waals surface area contributed by atoms with Crippen LogP contribution in [-0.4, -0.2) is 34.7 Å². The summed E-state index contributed by atoms with van der Waals surface area (Å²) in [4.78, 5) is 18.5. The molecule has 162 valence electrons. The van der Waals surface area contributed by atoms with Crippen LogP contribution in [0.15, 0.2) is 36.5 Å². The van der Waals surface area contributed by atoms with Crippen molar-refractivity contribution < 1.29 is 19.0 Å². The maximum Gasteiger partial charge on any atom is 0.410 e. The highest BCUT2D eigenvalue weighted by atomic mass is 16.7. The number of likely N-dealkylation sites (tertiary alicyclic amines) is 1. The SMILES string of the molecule is CC(C)(C)OC(=O)N1CCC(c2cccc3c2O[C@@](C)(c2ccc(C#N)cn2)O3)CC1. The van der Waals surface area contributed by atoms with E-state index in [9.17, 15) is 4.79 Å². The molecular formula is C24H27N3O4. The average molecular weight is 421 g/mol. The Kier molecular flexibility index (Phi) is 5.26. The van der Waals surface area contributed by atoms with Gasteiger partial charge in [-0.25, -0.2) is 4.79 Å². The van der Waals surface area contributed by atoms with Gasteiger partial charge in [0.15, 0.2) is 11.5 Å². The van der Waals surface area contributed by atoms with Gasteiger partial charge < -0.3 is 19.1 Å². The number of para-hydroxylation sites is 1. The number of nitrogens with zero attached hydrogens (tertiary/aromatic N) is 3. The lowest BCUT2D eigenvalue weighted by atomic mass is 9.89. The Bertz CT molecular complexity index is 1010. The van der Waals surface area contributed by atoms with E-state index in [0.29, 0.717) is 30.1 Å². The molecule has 3 heterocycles. The van der Waals surface area contributed by atoms with Crippen molar-refractivity contribution in [1.29, 1.82) is 5.26 Å². The van der Waals surface area contributed by atoms with E-state index < -0.39 is 11.4 Å². The number of carbonyl (C=O) groups excluding carboxylic acids is 1. The molecule has 0 unspecified atom stereocenters. The van der Waals surface area contributed by atoms with Crippen molar-refractivity contribution in [3.8, 4) is 17.6 Å². The first kappa shape index (κ1) is 21.0. The van der Waals surface area contributed by atoms with Crippen molar-refractivity contribution >= 4 is 6.09 Å². The van der Waals surface area contributed by atoms with Crippen LogP contribution in [0.3, 0.4) is 0 Å². The largest absolute Gasteiger partial charge is 0.444 e. The molecule has 0 saturated carbocycles. The first-order chi connectivity index (χ1) is 14.7. The molecule has 2 aromatic rings. The van der Waals surface area contributed by atoms with Gasteiger partial charge in [-0.3, -0.25) is 4.98 Å². The molecule has 2 aliphatic heterocycles. The Morgan fingerprint density at radius 3 is 2.58 bits per heavy atom. The molecule has 2 aliphatic rings. The predicted molar refractivity (Wildman–Crippen MR) is 114 cm³/mol. The third kappa shape index (κ3) is 4.29. The Hall–Kier alpha value is -3.27. The summed E-state index contributed by atoms with van der Waals surface area (Å²) in [6, 6.07) is 11.5. The fourth-order valence-electron chi connectivity index (χ4n) is 4.00. The zero-order chi connectivity index (χ0) is 22.2. The van der Waals surface area contributed by atoms with Crippen molar-refractivity contribution in [2.75, 3.05) is 13.1 Å². The number of hydrogen-bond donors (Lipinski definition) is 0. The number of carbonyl (C=O) groups is 1. The van der Waals surface area contributed by atoms with Gasteiger partial charge in [0.25, 0.3) is 5.79 Å². The van der Waals surface area contributed by atoms with E-state index in [0.717, 1.165) is 24.2 Å². The highest BCUT2D eigenvalue weighted by Gasteiger charge is 2.42. The maximum absolute atomic E-state index is 12.4. The smallest absolute Gasteiger partial charge is 0.410 e. The fourth-order valence-corrected chi connectivity index (χ4v) is 4.00. The Morgan fingerprint density at radius 2 is 1.97 bits per heavy atom. The van der Waals surface area contributed by atoms with Gasteiger partial charge in [0.1, 0.15) is 17.4 Å². The topological polar surface area (TPSA) is 84.7 Å². The molecule has 0 spiro atoms. The normalized spacial score (nSPS) is 20.9. The van der Waals surface area contributed by atoms with Crippen LogP contribution in [0.25, 0.3) is 0 Å². The molecule has 0 bridgehead atoms. The number of fused-ring (bicyclic) bond motifs is 1. The van der Waals surface area contributed by atoms with Crippen molar-refractivity contribution in [2.45, 2.75) is 57.8 Å².